The Bertz CT molecular complexity index is 506. The molecule has 2 heterocycles. The second-order valence-corrected chi connectivity index (χ2v) is 6.24. The topological polar surface area (TPSA) is 59.0 Å². The van der Waals surface area contributed by atoms with E-state index in [1.807, 2.05) is 13.8 Å². The smallest absolute Gasteiger partial charge is 0.287 e. The molecule has 0 spiro atoms. The lowest BCUT2D eigenvalue weighted by Crippen LogP contribution is -2.38. The molecule has 1 atom stereocenters. The molecular formula is C13H21ClN4O. The molecule has 1 aromatic rings. The van der Waals surface area contributed by atoms with Gasteiger partial charge in [0.15, 0.2) is 0 Å². The van der Waals surface area contributed by atoms with Crippen LogP contribution in [0.25, 0.3) is 0 Å². The van der Waals surface area contributed by atoms with E-state index < -0.39 is 0 Å². The highest BCUT2D eigenvalue weighted by Crippen LogP contribution is 2.24. The highest BCUT2D eigenvalue weighted by Gasteiger charge is 2.29. The van der Waals surface area contributed by atoms with Crippen LogP contribution in [0.15, 0.2) is 11.0 Å². The summed E-state index contributed by atoms with van der Waals surface area (Å²) < 4.78 is 1.42. The van der Waals surface area contributed by atoms with Crippen molar-refractivity contribution in [2.75, 3.05) is 18.4 Å². The summed E-state index contributed by atoms with van der Waals surface area (Å²) in [7, 11) is 0. The first-order chi connectivity index (χ1) is 8.91. The first-order valence-corrected chi connectivity index (χ1v) is 7.03. The van der Waals surface area contributed by atoms with E-state index in [1.54, 1.807) is 6.20 Å². The molecule has 106 valence electrons. The Hall–Kier alpha value is -1.07. The Labute approximate surface area is 118 Å². The molecule has 0 radical (unpaired) electrons. The normalized spacial score (nSPS) is 23.0. The van der Waals surface area contributed by atoms with Crippen molar-refractivity contribution in [3.8, 4) is 0 Å². The van der Waals surface area contributed by atoms with Crippen LogP contribution in [-0.4, -0.2) is 28.4 Å². The van der Waals surface area contributed by atoms with E-state index in [-0.39, 0.29) is 16.1 Å². The number of aromatic nitrogens is 2. The standard InChI is InChI=1S/C13H21ClN4O/c1-9(2)7-18-12(19)11(14)10(6-16-18)17-13(3)4-5-15-8-13/h6,9,15,17H,4-5,7-8H2,1-3H3. The highest BCUT2D eigenvalue weighted by atomic mass is 35.5. The molecule has 1 unspecified atom stereocenters. The molecule has 1 fully saturated rings. The first-order valence-electron chi connectivity index (χ1n) is 6.66. The molecule has 0 bridgehead atoms. The molecule has 2 rings (SSSR count). The van der Waals surface area contributed by atoms with Crippen molar-refractivity contribution in [1.29, 1.82) is 0 Å². The lowest BCUT2D eigenvalue weighted by molar-refractivity contribution is 0.463. The number of nitrogens with zero attached hydrogens (tertiary/aromatic N) is 2. The zero-order valence-electron chi connectivity index (χ0n) is 11.7. The maximum Gasteiger partial charge on any atom is 0.287 e. The minimum Gasteiger partial charge on any atom is -0.376 e. The van der Waals surface area contributed by atoms with Gasteiger partial charge in [-0.05, 0) is 25.8 Å². The van der Waals surface area contributed by atoms with E-state index in [1.165, 1.54) is 4.68 Å². The molecule has 6 heteroatoms. The van der Waals surface area contributed by atoms with Crippen molar-refractivity contribution in [1.82, 2.24) is 15.1 Å². The number of halogens is 1. The summed E-state index contributed by atoms with van der Waals surface area (Å²) in [6, 6.07) is 0. The van der Waals surface area contributed by atoms with E-state index in [0.717, 1.165) is 19.5 Å². The molecule has 5 nitrogen and oxygen atoms in total. The number of hydrogen-bond donors (Lipinski definition) is 2. The molecule has 0 amide bonds. The fourth-order valence-corrected chi connectivity index (χ4v) is 2.47. The summed E-state index contributed by atoms with van der Waals surface area (Å²) in [5.41, 5.74) is 0.329. The zero-order chi connectivity index (χ0) is 14.0. The van der Waals surface area contributed by atoms with Gasteiger partial charge < -0.3 is 10.6 Å². The van der Waals surface area contributed by atoms with Crippen molar-refractivity contribution in [3.05, 3.63) is 21.6 Å². The minimum atomic E-state index is -0.227. The average molecular weight is 285 g/mol. The predicted octanol–water partition coefficient (Wildman–Crippen LogP) is 1.72. The molecule has 19 heavy (non-hydrogen) atoms. The lowest BCUT2D eigenvalue weighted by Gasteiger charge is -2.26. The molecule has 2 N–H and O–H groups in total. The first kappa shape index (κ1) is 14.3. The SMILES string of the molecule is CC(C)Cn1ncc(NC2(C)CCNC2)c(Cl)c1=O. The maximum atomic E-state index is 12.1. The summed E-state index contributed by atoms with van der Waals surface area (Å²) in [4.78, 5) is 12.1. The third kappa shape index (κ3) is 3.28. The molecule has 1 aliphatic heterocycles. The van der Waals surface area contributed by atoms with Crippen molar-refractivity contribution in [3.63, 3.8) is 0 Å². The van der Waals surface area contributed by atoms with Gasteiger partial charge in [0.1, 0.15) is 5.02 Å². The fraction of sp³-hybridized carbons (Fsp3) is 0.692. The fourth-order valence-electron chi connectivity index (χ4n) is 2.28. The van der Waals surface area contributed by atoms with Crippen molar-refractivity contribution < 1.29 is 0 Å². The van der Waals surface area contributed by atoms with Gasteiger partial charge in [0, 0.05) is 18.6 Å². The lowest BCUT2D eigenvalue weighted by atomic mass is 10.0. The Morgan fingerprint density at radius 1 is 1.63 bits per heavy atom. The van der Waals surface area contributed by atoms with Gasteiger partial charge in [0.2, 0.25) is 0 Å². The van der Waals surface area contributed by atoms with Gasteiger partial charge >= 0.3 is 0 Å². The highest BCUT2D eigenvalue weighted by molar-refractivity contribution is 6.32. The number of nitrogens with one attached hydrogen (secondary N) is 2. The third-order valence-electron chi connectivity index (χ3n) is 3.33. The van der Waals surface area contributed by atoms with Crippen LogP contribution in [0.3, 0.4) is 0 Å². The predicted molar refractivity (Wildman–Crippen MR) is 77.9 cm³/mol. The van der Waals surface area contributed by atoms with Gasteiger partial charge in [-0.1, -0.05) is 25.4 Å². The summed E-state index contributed by atoms with van der Waals surface area (Å²) in [6.07, 6.45) is 2.65. The monoisotopic (exact) mass is 284 g/mol. The average Bonchev–Trinajstić information content (AvgIpc) is 2.75. The van der Waals surface area contributed by atoms with Crippen molar-refractivity contribution >= 4 is 17.3 Å². The van der Waals surface area contributed by atoms with E-state index in [4.69, 9.17) is 11.6 Å². The van der Waals surface area contributed by atoms with Crippen LogP contribution in [0.2, 0.25) is 5.02 Å². The molecule has 0 aliphatic carbocycles. The van der Waals surface area contributed by atoms with Crippen molar-refractivity contribution in [2.45, 2.75) is 39.3 Å². The molecule has 1 aromatic heterocycles. The summed E-state index contributed by atoms with van der Waals surface area (Å²) in [6.45, 7) is 8.61. The quantitative estimate of drug-likeness (QED) is 0.884. The van der Waals surface area contributed by atoms with Gasteiger partial charge in [-0.3, -0.25) is 4.79 Å². The summed E-state index contributed by atoms with van der Waals surface area (Å²) >= 11 is 6.17. The third-order valence-corrected chi connectivity index (χ3v) is 3.69. The van der Waals surface area contributed by atoms with Gasteiger partial charge in [-0.2, -0.15) is 5.10 Å². The van der Waals surface area contributed by atoms with Crippen LogP contribution < -0.4 is 16.2 Å². The van der Waals surface area contributed by atoms with E-state index in [9.17, 15) is 4.79 Å². The van der Waals surface area contributed by atoms with Crippen LogP contribution in [0.4, 0.5) is 5.69 Å². The van der Waals surface area contributed by atoms with E-state index >= 15 is 0 Å². The molecule has 0 saturated carbocycles. The second-order valence-electron chi connectivity index (χ2n) is 5.87. The Balaban J connectivity index is 2.23. The molecule has 1 saturated heterocycles. The zero-order valence-corrected chi connectivity index (χ0v) is 12.4. The Morgan fingerprint density at radius 2 is 2.37 bits per heavy atom. The summed E-state index contributed by atoms with van der Waals surface area (Å²) in [5.74, 6) is 0.358. The largest absolute Gasteiger partial charge is 0.376 e. The summed E-state index contributed by atoms with van der Waals surface area (Å²) in [5, 5.41) is 11.0. The molecule has 1 aliphatic rings. The van der Waals surface area contributed by atoms with Crippen molar-refractivity contribution in [2.24, 2.45) is 5.92 Å². The van der Waals surface area contributed by atoms with E-state index in [2.05, 4.69) is 22.7 Å². The van der Waals surface area contributed by atoms with Crippen LogP contribution in [0.5, 0.6) is 0 Å². The van der Waals surface area contributed by atoms with E-state index in [0.29, 0.717) is 18.2 Å². The Morgan fingerprint density at radius 3 is 2.95 bits per heavy atom. The second kappa shape index (κ2) is 5.51. The van der Waals surface area contributed by atoms with Crippen LogP contribution >= 0.6 is 11.6 Å². The van der Waals surface area contributed by atoms with Gasteiger partial charge in [-0.25, -0.2) is 4.68 Å². The number of rotatable bonds is 4. The molecular weight excluding hydrogens is 264 g/mol. The maximum absolute atomic E-state index is 12.1. The van der Waals surface area contributed by atoms with Gasteiger partial charge in [-0.15, -0.1) is 0 Å². The van der Waals surface area contributed by atoms with Gasteiger partial charge in [0.05, 0.1) is 11.9 Å². The van der Waals surface area contributed by atoms with Crippen LogP contribution in [0.1, 0.15) is 27.2 Å². The van der Waals surface area contributed by atoms with Gasteiger partial charge in [0.25, 0.3) is 5.56 Å². The van der Waals surface area contributed by atoms with Crippen LogP contribution in [-0.2, 0) is 6.54 Å². The minimum absolute atomic E-state index is 0.0675. The number of anilines is 1. The number of hydrogen-bond acceptors (Lipinski definition) is 4. The Kier molecular flexibility index (Phi) is 4.16. The van der Waals surface area contributed by atoms with Crippen LogP contribution in [0, 0.1) is 5.92 Å². The molecule has 0 aromatic carbocycles.